The summed E-state index contributed by atoms with van der Waals surface area (Å²) in [7, 11) is 0. The lowest BCUT2D eigenvalue weighted by Crippen LogP contribution is -2.34. The summed E-state index contributed by atoms with van der Waals surface area (Å²) in [5.41, 5.74) is 0. The zero-order valence-corrected chi connectivity index (χ0v) is 10.5. The molecule has 0 amide bonds. The molecule has 0 heterocycles. The van der Waals surface area contributed by atoms with Gasteiger partial charge in [0.25, 0.3) is 0 Å². The molecule has 0 saturated heterocycles. The van der Waals surface area contributed by atoms with E-state index in [2.05, 4.69) is 0 Å². The Morgan fingerprint density at radius 2 is 2.00 bits per heavy atom. The number of carbonyl (C=O) groups excluding carboxylic acids is 1. The molecule has 1 fully saturated rings. The highest BCUT2D eigenvalue weighted by molar-refractivity contribution is 5.75. The molecule has 3 atom stereocenters. The fourth-order valence-corrected chi connectivity index (χ4v) is 2.31. The van der Waals surface area contributed by atoms with Gasteiger partial charge in [0.05, 0.1) is 5.92 Å². The highest BCUT2D eigenvalue weighted by atomic mass is 19.2. The van der Waals surface area contributed by atoms with Crippen molar-refractivity contribution in [2.45, 2.75) is 32.4 Å². The molecule has 0 bridgehead atoms. The average molecular weight is 272 g/mol. The maximum absolute atomic E-state index is 13.8. The first-order valence-corrected chi connectivity index (χ1v) is 6.28. The molecule has 1 aliphatic carbocycles. The Kier molecular flexibility index (Phi) is 4.12. The number of esters is 1. The molecule has 1 saturated carbocycles. The standard InChI is InChI=1S/C14H15F3O2/c1-8-2-4-10(12(16)6-8)14(18)19-9-3-5-11(15)13(17)7-9/h3,5,7-8,10,12H,2,4,6H2,1H3. The number of rotatable bonds is 2. The van der Waals surface area contributed by atoms with Crippen molar-refractivity contribution in [3.63, 3.8) is 0 Å². The van der Waals surface area contributed by atoms with Crippen LogP contribution in [-0.2, 0) is 4.79 Å². The first-order valence-electron chi connectivity index (χ1n) is 6.28. The topological polar surface area (TPSA) is 26.3 Å². The zero-order chi connectivity index (χ0) is 14.0. The zero-order valence-electron chi connectivity index (χ0n) is 10.5. The van der Waals surface area contributed by atoms with Crippen LogP contribution in [0.5, 0.6) is 5.75 Å². The summed E-state index contributed by atoms with van der Waals surface area (Å²) in [5, 5.41) is 0. The molecular weight excluding hydrogens is 257 g/mol. The van der Waals surface area contributed by atoms with Crippen molar-refractivity contribution >= 4 is 5.97 Å². The molecule has 5 heteroatoms. The van der Waals surface area contributed by atoms with Crippen LogP contribution in [0.15, 0.2) is 18.2 Å². The van der Waals surface area contributed by atoms with Crippen LogP contribution in [0.2, 0.25) is 0 Å². The lowest BCUT2D eigenvalue weighted by atomic mass is 9.81. The van der Waals surface area contributed by atoms with Crippen molar-refractivity contribution in [2.75, 3.05) is 0 Å². The lowest BCUT2D eigenvalue weighted by molar-refractivity contribution is -0.142. The fraction of sp³-hybridized carbons (Fsp3) is 0.500. The van der Waals surface area contributed by atoms with Gasteiger partial charge in [-0.2, -0.15) is 0 Å². The summed E-state index contributed by atoms with van der Waals surface area (Å²) in [4.78, 5) is 11.8. The van der Waals surface area contributed by atoms with Gasteiger partial charge in [-0.3, -0.25) is 4.79 Å². The molecule has 1 aromatic rings. The Labute approximate surface area is 109 Å². The van der Waals surface area contributed by atoms with Gasteiger partial charge in [0.1, 0.15) is 11.9 Å². The third-order valence-electron chi connectivity index (χ3n) is 3.45. The molecule has 1 aliphatic rings. The largest absolute Gasteiger partial charge is 0.426 e. The Balaban J connectivity index is 2.02. The summed E-state index contributed by atoms with van der Waals surface area (Å²) in [6, 6.07) is 2.80. The van der Waals surface area contributed by atoms with Crippen LogP contribution in [-0.4, -0.2) is 12.1 Å². The van der Waals surface area contributed by atoms with Gasteiger partial charge in [-0.05, 0) is 37.3 Å². The van der Waals surface area contributed by atoms with Gasteiger partial charge in [-0.15, -0.1) is 0 Å². The number of hydrogen-bond donors (Lipinski definition) is 0. The van der Waals surface area contributed by atoms with E-state index >= 15 is 0 Å². The van der Waals surface area contributed by atoms with Crippen molar-refractivity contribution < 1.29 is 22.7 Å². The Hall–Kier alpha value is -1.52. The predicted octanol–water partition coefficient (Wildman–Crippen LogP) is 3.64. The van der Waals surface area contributed by atoms with Gasteiger partial charge in [-0.1, -0.05) is 6.92 Å². The van der Waals surface area contributed by atoms with Crippen LogP contribution >= 0.6 is 0 Å². The van der Waals surface area contributed by atoms with Crippen molar-refractivity contribution in [3.8, 4) is 5.75 Å². The van der Waals surface area contributed by atoms with Gasteiger partial charge in [0.15, 0.2) is 11.6 Å². The Bertz CT molecular complexity index is 476. The van der Waals surface area contributed by atoms with Gasteiger partial charge in [-0.25, -0.2) is 13.2 Å². The van der Waals surface area contributed by atoms with Gasteiger partial charge in [0.2, 0.25) is 0 Å². The molecular formula is C14H15F3O2. The molecule has 2 rings (SSSR count). The molecule has 104 valence electrons. The lowest BCUT2D eigenvalue weighted by Gasteiger charge is -2.28. The molecule has 0 radical (unpaired) electrons. The fourth-order valence-electron chi connectivity index (χ4n) is 2.31. The van der Waals surface area contributed by atoms with Crippen LogP contribution in [0.4, 0.5) is 13.2 Å². The predicted molar refractivity (Wildman–Crippen MR) is 63.4 cm³/mol. The first-order chi connectivity index (χ1) is 8.97. The van der Waals surface area contributed by atoms with E-state index in [1.807, 2.05) is 6.92 Å². The quantitative estimate of drug-likeness (QED) is 0.607. The van der Waals surface area contributed by atoms with E-state index in [0.717, 1.165) is 24.6 Å². The third-order valence-corrected chi connectivity index (χ3v) is 3.45. The summed E-state index contributed by atoms with van der Waals surface area (Å²) >= 11 is 0. The molecule has 1 aromatic carbocycles. The van der Waals surface area contributed by atoms with E-state index in [0.29, 0.717) is 12.8 Å². The normalized spacial score (nSPS) is 27.1. The van der Waals surface area contributed by atoms with Crippen LogP contribution in [0.1, 0.15) is 26.2 Å². The van der Waals surface area contributed by atoms with Crippen molar-refractivity contribution in [3.05, 3.63) is 29.8 Å². The highest BCUT2D eigenvalue weighted by Crippen LogP contribution is 2.32. The summed E-state index contributed by atoms with van der Waals surface area (Å²) < 4.78 is 44.3. The summed E-state index contributed by atoms with van der Waals surface area (Å²) in [5.74, 6) is -3.50. The van der Waals surface area contributed by atoms with Crippen molar-refractivity contribution in [1.29, 1.82) is 0 Å². The number of alkyl halides is 1. The van der Waals surface area contributed by atoms with Crippen molar-refractivity contribution in [1.82, 2.24) is 0 Å². The molecule has 0 spiro atoms. The summed E-state index contributed by atoms with van der Waals surface area (Å²) in [6.07, 6.45) is 0.280. The second-order valence-corrected chi connectivity index (χ2v) is 5.04. The van der Waals surface area contributed by atoms with Gasteiger partial charge < -0.3 is 4.74 Å². The second kappa shape index (κ2) is 5.63. The van der Waals surface area contributed by atoms with E-state index in [1.165, 1.54) is 0 Å². The Morgan fingerprint density at radius 3 is 2.63 bits per heavy atom. The third kappa shape index (κ3) is 3.28. The van der Waals surface area contributed by atoms with Crippen LogP contribution in [0, 0.1) is 23.5 Å². The first kappa shape index (κ1) is 13.9. The summed E-state index contributed by atoms with van der Waals surface area (Å²) in [6.45, 7) is 1.93. The van der Waals surface area contributed by atoms with Crippen LogP contribution in [0.3, 0.4) is 0 Å². The van der Waals surface area contributed by atoms with E-state index in [4.69, 9.17) is 4.74 Å². The number of benzene rings is 1. The SMILES string of the molecule is CC1CCC(C(=O)Oc2ccc(F)c(F)c2)C(F)C1. The smallest absolute Gasteiger partial charge is 0.317 e. The maximum Gasteiger partial charge on any atom is 0.317 e. The minimum atomic E-state index is -1.23. The van der Waals surface area contributed by atoms with Gasteiger partial charge in [0, 0.05) is 6.07 Å². The average Bonchev–Trinajstić information content (AvgIpc) is 2.33. The number of halogens is 3. The molecule has 0 aromatic heterocycles. The van der Waals surface area contributed by atoms with Crippen LogP contribution in [0.25, 0.3) is 0 Å². The Morgan fingerprint density at radius 1 is 1.26 bits per heavy atom. The molecule has 0 aliphatic heterocycles. The molecule has 2 nitrogen and oxygen atoms in total. The van der Waals surface area contributed by atoms with E-state index in [-0.39, 0.29) is 11.7 Å². The van der Waals surface area contributed by atoms with E-state index in [9.17, 15) is 18.0 Å². The molecule has 19 heavy (non-hydrogen) atoms. The maximum atomic E-state index is 13.8. The minimum absolute atomic E-state index is 0.102. The second-order valence-electron chi connectivity index (χ2n) is 5.04. The number of carbonyl (C=O) groups is 1. The highest BCUT2D eigenvalue weighted by Gasteiger charge is 2.35. The number of ether oxygens (including phenoxy) is 1. The minimum Gasteiger partial charge on any atom is -0.426 e. The molecule has 3 unspecified atom stereocenters. The van der Waals surface area contributed by atoms with E-state index in [1.54, 1.807) is 0 Å². The molecule has 0 N–H and O–H groups in total. The monoisotopic (exact) mass is 272 g/mol. The van der Waals surface area contributed by atoms with Gasteiger partial charge >= 0.3 is 5.97 Å². The van der Waals surface area contributed by atoms with Crippen molar-refractivity contribution in [2.24, 2.45) is 11.8 Å². The number of hydrogen-bond acceptors (Lipinski definition) is 2. The van der Waals surface area contributed by atoms with Crippen LogP contribution < -0.4 is 4.74 Å². The van der Waals surface area contributed by atoms with E-state index < -0.39 is 29.7 Å².